The van der Waals surface area contributed by atoms with E-state index < -0.39 is 0 Å². The highest BCUT2D eigenvalue weighted by Crippen LogP contribution is 2.28. The van der Waals surface area contributed by atoms with Crippen molar-refractivity contribution < 1.29 is 9.59 Å². The Kier molecular flexibility index (Phi) is 4.68. The molecule has 0 spiro atoms. The average Bonchev–Trinajstić information content (AvgIpc) is 2.83. The van der Waals surface area contributed by atoms with Gasteiger partial charge in [-0.2, -0.15) is 0 Å². The van der Waals surface area contributed by atoms with Crippen molar-refractivity contribution in [1.29, 1.82) is 0 Å². The van der Waals surface area contributed by atoms with E-state index in [1.807, 2.05) is 97.9 Å². The molecule has 5 aromatic rings. The molecule has 0 bridgehead atoms. The number of carbonyl (C=O) groups excluding carboxylic acids is 2. The first kappa shape index (κ1) is 19.0. The summed E-state index contributed by atoms with van der Waals surface area (Å²) in [6, 6.07) is 32.3. The molecule has 0 aliphatic rings. The Hall–Kier alpha value is -4.04. The first-order valence-corrected chi connectivity index (χ1v) is 10.3. The number of rotatable bonds is 4. The van der Waals surface area contributed by atoms with E-state index in [0.717, 1.165) is 27.1 Å². The molecule has 0 aromatic heterocycles. The Morgan fingerprint density at radius 2 is 0.935 bits per heavy atom. The van der Waals surface area contributed by atoms with Crippen molar-refractivity contribution >= 4 is 33.1 Å². The van der Waals surface area contributed by atoms with Crippen LogP contribution in [0.1, 0.15) is 37.4 Å². The summed E-state index contributed by atoms with van der Waals surface area (Å²) >= 11 is 0. The minimum absolute atomic E-state index is 0.139. The van der Waals surface area contributed by atoms with Crippen LogP contribution >= 0.6 is 0 Å². The average molecular weight is 400 g/mol. The molecule has 0 amide bonds. The predicted molar refractivity (Wildman–Crippen MR) is 126 cm³/mol. The smallest absolute Gasteiger partial charge is 0.194 e. The maximum Gasteiger partial charge on any atom is 0.194 e. The van der Waals surface area contributed by atoms with Gasteiger partial charge in [0, 0.05) is 22.3 Å². The maximum atomic E-state index is 13.6. The first-order valence-electron chi connectivity index (χ1n) is 10.3. The Bertz CT molecular complexity index is 1470. The third-order valence-electron chi connectivity index (χ3n) is 5.84. The molecule has 0 radical (unpaired) electrons. The quantitative estimate of drug-likeness (QED) is 0.312. The summed E-state index contributed by atoms with van der Waals surface area (Å²) in [6.45, 7) is 2.04. The predicted octanol–water partition coefficient (Wildman–Crippen LogP) is 6.76. The standard InChI is InChI=1S/C29H20O2/c1-19-17-18-27(23-13-5-4-11-21(19)23)29(31)26-15-7-6-14-25(26)28(30)24-16-8-10-20-9-2-3-12-22(20)24/h2-18H,1H3. The molecule has 0 fully saturated rings. The molecular weight excluding hydrogens is 380 g/mol. The molecule has 0 aliphatic carbocycles. The molecule has 0 atom stereocenters. The number of fused-ring (bicyclic) bond motifs is 2. The largest absolute Gasteiger partial charge is 0.289 e. The minimum atomic E-state index is -0.142. The van der Waals surface area contributed by atoms with E-state index in [1.165, 1.54) is 0 Å². The van der Waals surface area contributed by atoms with Gasteiger partial charge in [0.25, 0.3) is 0 Å². The highest BCUT2D eigenvalue weighted by molar-refractivity contribution is 6.25. The van der Waals surface area contributed by atoms with E-state index in [-0.39, 0.29) is 11.6 Å². The van der Waals surface area contributed by atoms with Gasteiger partial charge in [-0.1, -0.05) is 103 Å². The van der Waals surface area contributed by atoms with Crippen LogP contribution in [0, 0.1) is 6.92 Å². The normalized spacial score (nSPS) is 11.0. The van der Waals surface area contributed by atoms with Crippen LogP contribution in [-0.2, 0) is 0 Å². The van der Waals surface area contributed by atoms with Crippen LogP contribution in [0.3, 0.4) is 0 Å². The molecule has 5 rings (SSSR count). The van der Waals surface area contributed by atoms with E-state index >= 15 is 0 Å². The number of hydrogen-bond donors (Lipinski definition) is 0. The van der Waals surface area contributed by atoms with E-state index in [1.54, 1.807) is 12.1 Å². The third-order valence-corrected chi connectivity index (χ3v) is 5.84. The van der Waals surface area contributed by atoms with E-state index in [4.69, 9.17) is 0 Å². The van der Waals surface area contributed by atoms with E-state index in [0.29, 0.717) is 22.3 Å². The van der Waals surface area contributed by atoms with Crippen molar-refractivity contribution in [2.75, 3.05) is 0 Å². The van der Waals surface area contributed by atoms with Gasteiger partial charge >= 0.3 is 0 Å². The lowest BCUT2D eigenvalue weighted by Crippen LogP contribution is -2.12. The van der Waals surface area contributed by atoms with Crippen LogP contribution in [-0.4, -0.2) is 11.6 Å². The van der Waals surface area contributed by atoms with Crippen molar-refractivity contribution in [1.82, 2.24) is 0 Å². The number of carbonyl (C=O) groups is 2. The molecule has 2 heteroatoms. The van der Waals surface area contributed by atoms with E-state index in [2.05, 4.69) is 0 Å². The lowest BCUT2D eigenvalue weighted by molar-refractivity contribution is 0.100. The number of benzene rings is 5. The first-order chi connectivity index (χ1) is 15.1. The monoisotopic (exact) mass is 400 g/mol. The molecule has 0 heterocycles. The fraction of sp³-hybridized carbons (Fsp3) is 0.0345. The molecular formula is C29H20O2. The Morgan fingerprint density at radius 3 is 1.65 bits per heavy atom. The summed E-state index contributed by atoms with van der Waals surface area (Å²) in [5.41, 5.74) is 3.18. The molecule has 0 aliphatic heterocycles. The highest BCUT2D eigenvalue weighted by Gasteiger charge is 2.21. The zero-order valence-corrected chi connectivity index (χ0v) is 17.1. The van der Waals surface area contributed by atoms with Crippen LogP contribution in [0.15, 0.2) is 103 Å². The molecule has 148 valence electrons. The van der Waals surface area contributed by atoms with Crippen molar-refractivity contribution in [3.63, 3.8) is 0 Å². The Balaban J connectivity index is 1.66. The van der Waals surface area contributed by atoms with Crippen LogP contribution in [0.25, 0.3) is 21.5 Å². The van der Waals surface area contributed by atoms with Crippen LogP contribution < -0.4 is 0 Å². The topological polar surface area (TPSA) is 34.1 Å². The Labute approximate surface area is 180 Å². The highest BCUT2D eigenvalue weighted by atomic mass is 16.1. The van der Waals surface area contributed by atoms with E-state index in [9.17, 15) is 9.59 Å². The second-order valence-electron chi connectivity index (χ2n) is 7.71. The summed E-state index contributed by atoms with van der Waals surface area (Å²) in [7, 11) is 0. The third kappa shape index (κ3) is 3.23. The lowest BCUT2D eigenvalue weighted by atomic mass is 9.89. The lowest BCUT2D eigenvalue weighted by Gasteiger charge is -2.12. The number of hydrogen-bond acceptors (Lipinski definition) is 2. The fourth-order valence-corrected chi connectivity index (χ4v) is 4.24. The van der Waals surface area contributed by atoms with Crippen LogP contribution in [0.4, 0.5) is 0 Å². The zero-order valence-electron chi connectivity index (χ0n) is 17.1. The molecule has 5 aromatic carbocycles. The summed E-state index contributed by atoms with van der Waals surface area (Å²) in [5, 5.41) is 3.84. The van der Waals surface area contributed by atoms with Gasteiger partial charge in [0.2, 0.25) is 0 Å². The molecule has 2 nitrogen and oxygen atoms in total. The Morgan fingerprint density at radius 1 is 0.452 bits per heavy atom. The van der Waals surface area contributed by atoms with Crippen LogP contribution in [0.2, 0.25) is 0 Å². The summed E-state index contributed by atoms with van der Waals surface area (Å²) in [6.07, 6.45) is 0. The summed E-state index contributed by atoms with van der Waals surface area (Å²) < 4.78 is 0. The van der Waals surface area contributed by atoms with Crippen molar-refractivity contribution in [3.8, 4) is 0 Å². The van der Waals surface area contributed by atoms with Crippen molar-refractivity contribution in [3.05, 3.63) is 131 Å². The molecule has 0 saturated carbocycles. The second kappa shape index (κ2) is 7.66. The number of aryl methyl sites for hydroxylation is 1. The fourth-order valence-electron chi connectivity index (χ4n) is 4.24. The minimum Gasteiger partial charge on any atom is -0.289 e. The summed E-state index contributed by atoms with van der Waals surface area (Å²) in [4.78, 5) is 27.2. The van der Waals surface area contributed by atoms with Gasteiger partial charge < -0.3 is 0 Å². The second-order valence-corrected chi connectivity index (χ2v) is 7.71. The van der Waals surface area contributed by atoms with Crippen molar-refractivity contribution in [2.24, 2.45) is 0 Å². The molecule has 0 N–H and O–H groups in total. The molecule has 31 heavy (non-hydrogen) atoms. The summed E-state index contributed by atoms with van der Waals surface area (Å²) in [5.74, 6) is -0.280. The van der Waals surface area contributed by atoms with Crippen molar-refractivity contribution in [2.45, 2.75) is 6.92 Å². The van der Waals surface area contributed by atoms with Gasteiger partial charge in [0.15, 0.2) is 11.6 Å². The number of ketones is 2. The van der Waals surface area contributed by atoms with Gasteiger partial charge in [-0.3, -0.25) is 9.59 Å². The van der Waals surface area contributed by atoms with Crippen LogP contribution in [0.5, 0.6) is 0 Å². The zero-order chi connectivity index (χ0) is 21.4. The molecule has 0 saturated heterocycles. The van der Waals surface area contributed by atoms with Gasteiger partial charge in [-0.25, -0.2) is 0 Å². The van der Waals surface area contributed by atoms with Gasteiger partial charge in [0.05, 0.1) is 0 Å². The van der Waals surface area contributed by atoms with Gasteiger partial charge in [0.1, 0.15) is 0 Å². The van der Waals surface area contributed by atoms with Gasteiger partial charge in [-0.05, 0) is 34.0 Å². The maximum absolute atomic E-state index is 13.6. The van der Waals surface area contributed by atoms with Gasteiger partial charge in [-0.15, -0.1) is 0 Å². The SMILES string of the molecule is Cc1ccc(C(=O)c2ccccc2C(=O)c2cccc3ccccc23)c2ccccc12. The molecule has 0 unspecified atom stereocenters.